The second-order valence-electron chi connectivity index (χ2n) is 6.05. The molecule has 1 nitrogen and oxygen atoms in total. The zero-order valence-corrected chi connectivity index (χ0v) is 13.6. The summed E-state index contributed by atoms with van der Waals surface area (Å²) >= 11 is 0. The lowest BCUT2D eigenvalue weighted by Gasteiger charge is -2.38. The monoisotopic (exact) mass is 282 g/mol. The predicted octanol–water partition coefficient (Wildman–Crippen LogP) is 5.09. The van der Waals surface area contributed by atoms with Gasteiger partial charge in [-0.1, -0.05) is 73.5 Å². The van der Waals surface area contributed by atoms with E-state index in [-0.39, 0.29) is 5.41 Å². The number of hydrogen-bond acceptors (Lipinski definition) is 1. The molecule has 2 rings (SSSR count). The van der Waals surface area contributed by atoms with E-state index >= 15 is 0 Å². The Morgan fingerprint density at radius 3 is 1.90 bits per heavy atom. The Kier molecular flexibility index (Phi) is 4.84. The lowest BCUT2D eigenvalue weighted by molar-refractivity contribution is 0.0726. The highest BCUT2D eigenvalue weighted by molar-refractivity contribution is 5.36. The summed E-state index contributed by atoms with van der Waals surface area (Å²) in [6, 6.07) is 16.8. The van der Waals surface area contributed by atoms with E-state index in [4.69, 9.17) is 0 Å². The van der Waals surface area contributed by atoms with E-state index in [0.717, 1.165) is 18.4 Å². The van der Waals surface area contributed by atoms with E-state index in [0.29, 0.717) is 0 Å². The SMILES string of the molecule is CCC(CC)(c1ccccc1)C(O)c1cc(C)cc(C)c1. The molecule has 21 heavy (non-hydrogen) atoms. The van der Waals surface area contributed by atoms with E-state index < -0.39 is 6.10 Å². The Balaban J connectivity index is 2.51. The summed E-state index contributed by atoms with van der Waals surface area (Å²) in [6.45, 7) is 8.52. The first-order valence-electron chi connectivity index (χ1n) is 7.85. The number of aliphatic hydroxyl groups is 1. The second kappa shape index (κ2) is 6.44. The van der Waals surface area contributed by atoms with E-state index in [2.05, 4.69) is 70.2 Å². The molecule has 0 bridgehead atoms. The van der Waals surface area contributed by atoms with Gasteiger partial charge in [-0.3, -0.25) is 0 Å². The number of benzene rings is 2. The molecule has 0 radical (unpaired) electrons. The van der Waals surface area contributed by atoms with Gasteiger partial charge in [-0.05, 0) is 37.8 Å². The van der Waals surface area contributed by atoms with Crippen LogP contribution >= 0.6 is 0 Å². The van der Waals surface area contributed by atoms with E-state index in [1.165, 1.54) is 16.7 Å². The number of aryl methyl sites for hydroxylation is 2. The maximum absolute atomic E-state index is 11.1. The third kappa shape index (κ3) is 3.03. The minimum Gasteiger partial charge on any atom is -0.387 e. The van der Waals surface area contributed by atoms with Gasteiger partial charge >= 0.3 is 0 Å². The Morgan fingerprint density at radius 2 is 1.43 bits per heavy atom. The minimum atomic E-state index is -0.478. The normalized spacial score (nSPS) is 13.2. The smallest absolute Gasteiger partial charge is 0.0886 e. The predicted molar refractivity (Wildman–Crippen MR) is 89.6 cm³/mol. The molecule has 0 fully saturated rings. The third-order valence-corrected chi connectivity index (χ3v) is 4.69. The number of hydrogen-bond donors (Lipinski definition) is 1. The van der Waals surface area contributed by atoms with Crippen LogP contribution in [0.1, 0.15) is 55.0 Å². The highest BCUT2D eigenvalue weighted by atomic mass is 16.3. The topological polar surface area (TPSA) is 20.2 Å². The molecule has 0 spiro atoms. The molecule has 1 heteroatoms. The average molecular weight is 282 g/mol. The van der Waals surface area contributed by atoms with Crippen LogP contribution in [0.5, 0.6) is 0 Å². The number of aliphatic hydroxyl groups excluding tert-OH is 1. The highest BCUT2D eigenvalue weighted by Crippen LogP contribution is 2.43. The van der Waals surface area contributed by atoms with Crippen molar-refractivity contribution in [2.24, 2.45) is 0 Å². The molecule has 1 atom stereocenters. The summed E-state index contributed by atoms with van der Waals surface area (Å²) in [5.74, 6) is 0. The summed E-state index contributed by atoms with van der Waals surface area (Å²) in [5, 5.41) is 11.1. The van der Waals surface area contributed by atoms with Crippen LogP contribution in [0.3, 0.4) is 0 Å². The highest BCUT2D eigenvalue weighted by Gasteiger charge is 2.37. The van der Waals surface area contributed by atoms with Crippen LogP contribution in [0.4, 0.5) is 0 Å². The molecular weight excluding hydrogens is 256 g/mol. The van der Waals surface area contributed by atoms with Crippen molar-refractivity contribution in [3.63, 3.8) is 0 Å². The van der Waals surface area contributed by atoms with Crippen molar-refractivity contribution in [2.45, 2.75) is 52.1 Å². The van der Waals surface area contributed by atoms with Crippen LogP contribution in [0.15, 0.2) is 48.5 Å². The number of rotatable bonds is 5. The zero-order chi connectivity index (χ0) is 15.5. The average Bonchev–Trinajstić information content (AvgIpc) is 2.49. The maximum Gasteiger partial charge on any atom is 0.0886 e. The minimum absolute atomic E-state index is 0.221. The van der Waals surface area contributed by atoms with Crippen molar-refractivity contribution < 1.29 is 5.11 Å². The lowest BCUT2D eigenvalue weighted by Crippen LogP contribution is -2.32. The molecule has 0 saturated heterocycles. The van der Waals surface area contributed by atoms with Crippen LogP contribution < -0.4 is 0 Å². The van der Waals surface area contributed by atoms with Crippen LogP contribution in [-0.2, 0) is 5.41 Å². The Hall–Kier alpha value is -1.60. The third-order valence-electron chi connectivity index (χ3n) is 4.69. The fourth-order valence-electron chi connectivity index (χ4n) is 3.46. The summed E-state index contributed by atoms with van der Waals surface area (Å²) < 4.78 is 0. The van der Waals surface area contributed by atoms with Gasteiger partial charge in [0, 0.05) is 5.41 Å². The second-order valence-corrected chi connectivity index (χ2v) is 6.05. The van der Waals surface area contributed by atoms with Gasteiger partial charge in [0.1, 0.15) is 0 Å². The first-order valence-corrected chi connectivity index (χ1v) is 7.85. The molecule has 0 saturated carbocycles. The van der Waals surface area contributed by atoms with Crippen molar-refractivity contribution in [1.29, 1.82) is 0 Å². The van der Waals surface area contributed by atoms with Gasteiger partial charge in [0.2, 0.25) is 0 Å². The standard InChI is InChI=1S/C20H26O/c1-5-20(6-2,18-10-8-7-9-11-18)19(21)17-13-15(3)12-16(4)14-17/h7-14,19,21H,5-6H2,1-4H3. The van der Waals surface area contributed by atoms with Gasteiger partial charge in [0.25, 0.3) is 0 Å². The molecule has 112 valence electrons. The van der Waals surface area contributed by atoms with Crippen molar-refractivity contribution in [1.82, 2.24) is 0 Å². The molecular formula is C20H26O. The summed E-state index contributed by atoms with van der Waals surface area (Å²) in [4.78, 5) is 0. The molecule has 1 N–H and O–H groups in total. The fourth-order valence-corrected chi connectivity index (χ4v) is 3.46. The molecule has 0 heterocycles. The Morgan fingerprint density at radius 1 is 0.905 bits per heavy atom. The van der Waals surface area contributed by atoms with Gasteiger partial charge in [-0.15, -0.1) is 0 Å². The molecule has 1 unspecified atom stereocenters. The Bertz CT molecular complexity index is 562. The molecule has 0 amide bonds. The van der Waals surface area contributed by atoms with E-state index in [9.17, 15) is 5.11 Å². The molecule has 0 aromatic heterocycles. The van der Waals surface area contributed by atoms with Crippen molar-refractivity contribution in [3.8, 4) is 0 Å². The summed E-state index contributed by atoms with van der Waals surface area (Å²) in [7, 11) is 0. The van der Waals surface area contributed by atoms with E-state index in [1.807, 2.05) is 6.07 Å². The van der Waals surface area contributed by atoms with Crippen LogP contribution in [-0.4, -0.2) is 5.11 Å². The molecule has 2 aromatic rings. The molecule has 2 aromatic carbocycles. The molecule has 0 aliphatic carbocycles. The van der Waals surface area contributed by atoms with Gasteiger partial charge in [-0.2, -0.15) is 0 Å². The summed E-state index contributed by atoms with van der Waals surface area (Å²) in [6.07, 6.45) is 1.36. The molecule has 0 aliphatic rings. The maximum atomic E-state index is 11.1. The first kappa shape index (κ1) is 15.8. The zero-order valence-electron chi connectivity index (χ0n) is 13.6. The van der Waals surface area contributed by atoms with Crippen LogP contribution in [0, 0.1) is 13.8 Å². The quantitative estimate of drug-likeness (QED) is 0.809. The van der Waals surface area contributed by atoms with Crippen molar-refractivity contribution in [3.05, 3.63) is 70.8 Å². The van der Waals surface area contributed by atoms with E-state index in [1.54, 1.807) is 0 Å². The van der Waals surface area contributed by atoms with Crippen LogP contribution in [0.2, 0.25) is 0 Å². The lowest BCUT2D eigenvalue weighted by atomic mass is 9.69. The molecule has 0 aliphatic heterocycles. The Labute approximate surface area is 128 Å². The fraction of sp³-hybridized carbons (Fsp3) is 0.400. The largest absolute Gasteiger partial charge is 0.387 e. The van der Waals surface area contributed by atoms with Gasteiger partial charge in [0.15, 0.2) is 0 Å². The van der Waals surface area contributed by atoms with Gasteiger partial charge in [-0.25, -0.2) is 0 Å². The summed E-state index contributed by atoms with van der Waals surface area (Å²) in [5.41, 5.74) is 4.44. The van der Waals surface area contributed by atoms with Crippen molar-refractivity contribution >= 4 is 0 Å². The van der Waals surface area contributed by atoms with Crippen LogP contribution in [0.25, 0.3) is 0 Å². The van der Waals surface area contributed by atoms with Crippen molar-refractivity contribution in [2.75, 3.05) is 0 Å². The van der Waals surface area contributed by atoms with Gasteiger partial charge in [0.05, 0.1) is 6.10 Å². The first-order chi connectivity index (χ1) is 10.0. The van der Waals surface area contributed by atoms with Gasteiger partial charge < -0.3 is 5.11 Å².